The zero-order valence-electron chi connectivity index (χ0n) is 32.4. The molecule has 1 amide bonds. The van der Waals surface area contributed by atoms with Crippen molar-refractivity contribution < 1.29 is 33.8 Å². The van der Waals surface area contributed by atoms with Gasteiger partial charge in [0.05, 0.1) is 46.9 Å². The normalized spacial score (nSPS) is 16.6. The number of imidazole rings is 2. The van der Waals surface area contributed by atoms with Crippen LogP contribution >= 0.6 is 0 Å². The Morgan fingerprint density at radius 3 is 2.08 bits per heavy atom. The number of anilines is 1. The minimum Gasteiger partial charge on any atom is -0.497 e. The highest BCUT2D eigenvalue weighted by Crippen LogP contribution is 2.43. The van der Waals surface area contributed by atoms with Crippen molar-refractivity contribution in [1.82, 2.24) is 29.1 Å². The molecule has 16 heteroatoms. The molecule has 4 heterocycles. The molecule has 0 aliphatic carbocycles. The summed E-state index contributed by atoms with van der Waals surface area (Å²) in [6.45, 7) is -0.110. The highest BCUT2D eigenvalue weighted by molar-refractivity contribution is 6.08. The quantitative estimate of drug-likeness (QED) is 0.0773. The minimum absolute atomic E-state index is 0.00627. The second kappa shape index (κ2) is 16.5. The van der Waals surface area contributed by atoms with Crippen LogP contribution in [0.1, 0.15) is 45.4 Å². The second-order valence-electron chi connectivity index (χ2n) is 13.9. The molecule has 1 saturated heterocycles. The number of aliphatic hydroxyl groups is 1. The molecule has 0 unspecified atom stereocenters. The number of fused-ring (bicyclic) bond motifs is 1. The molecule has 1 aliphatic rings. The first-order valence-electron chi connectivity index (χ1n) is 18.7. The molecule has 1 aliphatic heterocycles. The van der Waals surface area contributed by atoms with Crippen molar-refractivity contribution >= 4 is 28.8 Å². The monoisotopic (exact) mass is 796 g/mol. The summed E-state index contributed by atoms with van der Waals surface area (Å²) in [6, 6.07) is 33.8. The number of methoxy groups -OCH3 is 2. The number of rotatable bonds is 14. The first-order valence-corrected chi connectivity index (χ1v) is 18.7. The Labute approximate surface area is 338 Å². The minimum atomic E-state index is -1.13. The van der Waals surface area contributed by atoms with Gasteiger partial charge in [-0.15, -0.1) is 0 Å². The van der Waals surface area contributed by atoms with Crippen molar-refractivity contribution in [2.75, 3.05) is 25.7 Å². The Hall–Kier alpha value is -7.01. The number of carbonyl (C=O) groups is 1. The van der Waals surface area contributed by atoms with Gasteiger partial charge in [-0.3, -0.25) is 14.3 Å². The number of hydrogen-bond donors (Lipinski definition) is 1. The van der Waals surface area contributed by atoms with Crippen molar-refractivity contribution in [1.29, 1.82) is 0 Å². The number of aliphatic hydroxyl groups excluding tert-OH is 1. The van der Waals surface area contributed by atoms with Gasteiger partial charge in [0.1, 0.15) is 47.7 Å². The molecule has 16 nitrogen and oxygen atoms in total. The van der Waals surface area contributed by atoms with Crippen LogP contribution in [0.25, 0.3) is 11.2 Å². The summed E-state index contributed by atoms with van der Waals surface area (Å²) in [4.78, 5) is 44.1. The highest BCUT2D eigenvalue weighted by atomic mass is 16.6. The second-order valence-corrected chi connectivity index (χ2v) is 13.9. The van der Waals surface area contributed by atoms with Crippen LogP contribution in [0.3, 0.4) is 0 Å². The standard InChI is InChI=1S/C43H40N8O8/c1-48-32(23-44-42(48)51(54)55)24-49(41(53)28-10-6-4-7-11-28)39-38-40(46-26-45-39)50(27-47-38)37-22-35(52)36(59-37)25-58-43(29-12-8-5-9-13-29,30-14-18-33(56-2)19-15-30)31-16-20-34(57-3)21-17-31/h4-21,23,26-27,35-37,52H,22,24-25H2,1-3H3/t35-,36+,37+/m0/s1. The van der Waals surface area contributed by atoms with Crippen molar-refractivity contribution in [3.63, 3.8) is 0 Å². The average Bonchev–Trinajstić information content (AvgIpc) is 3.99. The molecule has 59 heavy (non-hydrogen) atoms. The van der Waals surface area contributed by atoms with Gasteiger partial charge in [-0.05, 0) is 58.0 Å². The molecular weight excluding hydrogens is 757 g/mol. The first-order chi connectivity index (χ1) is 28.7. The third kappa shape index (κ3) is 7.36. The van der Waals surface area contributed by atoms with Gasteiger partial charge in [0.2, 0.25) is 0 Å². The lowest BCUT2D eigenvalue weighted by atomic mass is 9.80. The van der Waals surface area contributed by atoms with E-state index < -0.39 is 34.9 Å². The number of ether oxygens (including phenoxy) is 4. The lowest BCUT2D eigenvalue weighted by Gasteiger charge is -2.37. The molecule has 0 spiro atoms. The zero-order valence-corrected chi connectivity index (χ0v) is 32.4. The third-order valence-electron chi connectivity index (χ3n) is 10.6. The lowest BCUT2D eigenvalue weighted by molar-refractivity contribution is -0.396. The Morgan fingerprint density at radius 2 is 1.49 bits per heavy atom. The van der Waals surface area contributed by atoms with Gasteiger partial charge in [-0.2, -0.15) is 0 Å². The fourth-order valence-electron chi connectivity index (χ4n) is 7.46. The van der Waals surface area contributed by atoms with Crippen molar-refractivity contribution in [2.45, 2.75) is 37.0 Å². The van der Waals surface area contributed by atoms with Crippen molar-refractivity contribution in [3.05, 3.63) is 166 Å². The van der Waals surface area contributed by atoms with Crippen LogP contribution in [0, 0.1) is 10.1 Å². The third-order valence-corrected chi connectivity index (χ3v) is 10.6. The first kappa shape index (κ1) is 38.8. The average molecular weight is 797 g/mol. The van der Waals surface area contributed by atoms with Gasteiger partial charge < -0.3 is 34.2 Å². The molecule has 3 atom stereocenters. The van der Waals surface area contributed by atoms with Crippen LogP contribution in [-0.2, 0) is 28.7 Å². The number of benzene rings is 4. The van der Waals surface area contributed by atoms with Crippen LogP contribution in [0.15, 0.2) is 128 Å². The fraction of sp³-hybridized carbons (Fsp3) is 0.233. The van der Waals surface area contributed by atoms with E-state index in [9.17, 15) is 20.0 Å². The smallest absolute Gasteiger partial charge is 0.434 e. The van der Waals surface area contributed by atoms with E-state index in [2.05, 4.69) is 19.9 Å². The number of nitrogens with zero attached hydrogens (tertiary/aromatic N) is 8. The van der Waals surface area contributed by atoms with E-state index in [0.29, 0.717) is 28.4 Å². The predicted octanol–water partition coefficient (Wildman–Crippen LogP) is 5.99. The van der Waals surface area contributed by atoms with Gasteiger partial charge in [-0.1, -0.05) is 77.8 Å². The maximum absolute atomic E-state index is 14.1. The maximum Gasteiger partial charge on any atom is 0.434 e. The molecule has 4 aromatic carbocycles. The Morgan fingerprint density at radius 1 is 0.881 bits per heavy atom. The van der Waals surface area contributed by atoms with Crippen molar-refractivity contribution in [2.24, 2.45) is 7.05 Å². The van der Waals surface area contributed by atoms with E-state index in [0.717, 1.165) is 16.7 Å². The number of aromatic nitrogens is 6. The molecule has 7 aromatic rings. The number of nitro groups is 1. The van der Waals surface area contributed by atoms with Gasteiger partial charge in [0, 0.05) is 12.0 Å². The van der Waals surface area contributed by atoms with E-state index in [4.69, 9.17) is 18.9 Å². The molecule has 1 N–H and O–H groups in total. The van der Waals surface area contributed by atoms with E-state index in [1.807, 2.05) is 78.9 Å². The van der Waals surface area contributed by atoms with Crippen LogP contribution in [0.2, 0.25) is 0 Å². The Bertz CT molecular complexity index is 2520. The van der Waals surface area contributed by atoms with Gasteiger partial charge in [-0.25, -0.2) is 19.5 Å². The summed E-state index contributed by atoms with van der Waals surface area (Å²) in [5.74, 6) is 0.779. The Kier molecular flexibility index (Phi) is 10.8. The fourth-order valence-corrected chi connectivity index (χ4v) is 7.46. The molecule has 8 rings (SSSR count). The van der Waals surface area contributed by atoms with E-state index in [1.165, 1.54) is 35.4 Å². The topological polar surface area (TPSA) is 182 Å². The summed E-state index contributed by atoms with van der Waals surface area (Å²) in [5, 5.41) is 23.1. The molecule has 0 saturated carbocycles. The molecule has 0 radical (unpaired) electrons. The Balaban J connectivity index is 1.11. The summed E-state index contributed by atoms with van der Waals surface area (Å²) in [5.41, 5.74) is 2.80. The summed E-state index contributed by atoms with van der Waals surface area (Å²) in [7, 11) is 4.74. The van der Waals surface area contributed by atoms with Crippen LogP contribution in [0.4, 0.5) is 11.8 Å². The molecule has 300 valence electrons. The molecular formula is C43H40N8O8. The molecule has 0 bridgehead atoms. The SMILES string of the molecule is COc1ccc(C(OC[C@H]2O[C@@H](n3cnc4c(N(Cc5cnc([N+](=O)[O-])n5C)C(=O)c5ccccc5)ncnc43)C[C@@H]2O)(c2ccccc2)c2ccc(OC)cc2)cc1. The van der Waals surface area contributed by atoms with E-state index in [1.54, 1.807) is 49.1 Å². The zero-order chi connectivity index (χ0) is 41.1. The maximum atomic E-state index is 14.1. The van der Waals surface area contributed by atoms with Gasteiger partial charge in [0.25, 0.3) is 5.91 Å². The predicted molar refractivity (Wildman–Crippen MR) is 215 cm³/mol. The number of amides is 1. The van der Waals surface area contributed by atoms with Crippen LogP contribution in [0.5, 0.6) is 11.5 Å². The van der Waals surface area contributed by atoms with Gasteiger partial charge >= 0.3 is 5.95 Å². The number of hydrogen-bond acceptors (Lipinski definition) is 12. The van der Waals surface area contributed by atoms with E-state index in [-0.39, 0.29) is 36.9 Å². The largest absolute Gasteiger partial charge is 0.497 e. The molecule has 1 fully saturated rings. The highest BCUT2D eigenvalue weighted by Gasteiger charge is 2.42. The van der Waals surface area contributed by atoms with Crippen molar-refractivity contribution in [3.8, 4) is 11.5 Å². The van der Waals surface area contributed by atoms with Crippen LogP contribution in [-0.4, -0.2) is 78.0 Å². The number of carbonyl (C=O) groups excluding carboxylic acids is 1. The van der Waals surface area contributed by atoms with E-state index >= 15 is 0 Å². The molecule has 3 aromatic heterocycles. The van der Waals surface area contributed by atoms with Crippen LogP contribution < -0.4 is 14.4 Å². The summed E-state index contributed by atoms with van der Waals surface area (Å²) < 4.78 is 27.5. The summed E-state index contributed by atoms with van der Waals surface area (Å²) >= 11 is 0. The summed E-state index contributed by atoms with van der Waals surface area (Å²) in [6.07, 6.45) is 1.98. The van der Waals surface area contributed by atoms with Gasteiger partial charge in [0.15, 0.2) is 17.0 Å². The lowest BCUT2D eigenvalue weighted by Crippen LogP contribution is -2.38.